The van der Waals surface area contributed by atoms with Gasteiger partial charge in [-0.25, -0.2) is 4.99 Å². The smallest absolute Gasteiger partial charge is 0.191 e. The third-order valence-corrected chi connectivity index (χ3v) is 5.34. The molecule has 0 radical (unpaired) electrons. The van der Waals surface area contributed by atoms with Gasteiger partial charge in [0.25, 0.3) is 0 Å². The Kier molecular flexibility index (Phi) is 15.7. The Bertz CT molecular complexity index is 639. The van der Waals surface area contributed by atoms with E-state index in [1.165, 1.54) is 0 Å². The standard InChI is InChI=1S/C24H42N4O3.HI/c1-4-25-24(27-19-22(8-12-29)16-20(2)3)26-18-21-6-5-7-23(17-21)31-15-11-28-9-13-30-14-10-28;/h5-7,17,20,22,29H,4,8-16,18-19H2,1-3H3,(H2,25,26,27);1H. The molecule has 1 heterocycles. The van der Waals surface area contributed by atoms with Crippen LogP contribution in [-0.2, 0) is 11.3 Å². The van der Waals surface area contributed by atoms with E-state index in [4.69, 9.17) is 14.5 Å². The Balaban J connectivity index is 0.00000512. The number of hydrogen-bond acceptors (Lipinski definition) is 5. The van der Waals surface area contributed by atoms with Crippen LogP contribution in [0.25, 0.3) is 0 Å². The highest BCUT2D eigenvalue weighted by Gasteiger charge is 2.12. The third-order valence-electron chi connectivity index (χ3n) is 5.34. The van der Waals surface area contributed by atoms with Crippen molar-refractivity contribution in [1.82, 2.24) is 15.5 Å². The molecule has 1 aliphatic heterocycles. The molecule has 1 aromatic carbocycles. The summed E-state index contributed by atoms with van der Waals surface area (Å²) < 4.78 is 11.3. The van der Waals surface area contributed by atoms with Crippen molar-refractivity contribution in [2.45, 2.75) is 40.2 Å². The van der Waals surface area contributed by atoms with E-state index in [1.54, 1.807) is 0 Å². The van der Waals surface area contributed by atoms with Gasteiger partial charge < -0.3 is 25.2 Å². The Hall–Kier alpha value is -1.10. The quantitative estimate of drug-likeness (QED) is 0.195. The van der Waals surface area contributed by atoms with Crippen molar-refractivity contribution < 1.29 is 14.6 Å². The fourth-order valence-electron chi connectivity index (χ4n) is 3.76. The minimum atomic E-state index is 0. The summed E-state index contributed by atoms with van der Waals surface area (Å²) in [7, 11) is 0. The van der Waals surface area contributed by atoms with Crippen LogP contribution in [0.4, 0.5) is 0 Å². The molecule has 0 aliphatic carbocycles. The average molecular weight is 563 g/mol. The Morgan fingerprint density at radius 3 is 2.72 bits per heavy atom. The van der Waals surface area contributed by atoms with Crippen molar-refractivity contribution >= 4 is 29.9 Å². The molecule has 0 saturated carbocycles. The van der Waals surface area contributed by atoms with E-state index >= 15 is 0 Å². The zero-order chi connectivity index (χ0) is 22.3. The molecule has 7 nitrogen and oxygen atoms in total. The molecule has 1 atom stereocenters. The van der Waals surface area contributed by atoms with Crippen LogP contribution in [0.5, 0.6) is 5.75 Å². The van der Waals surface area contributed by atoms with Crippen molar-refractivity contribution in [3.63, 3.8) is 0 Å². The number of aliphatic hydroxyl groups is 1. The number of ether oxygens (including phenoxy) is 2. The maximum atomic E-state index is 9.34. The molecular weight excluding hydrogens is 519 g/mol. The van der Waals surface area contributed by atoms with Crippen LogP contribution in [0.15, 0.2) is 29.3 Å². The summed E-state index contributed by atoms with van der Waals surface area (Å²) in [6, 6.07) is 8.17. The minimum Gasteiger partial charge on any atom is -0.492 e. The number of nitrogens with one attached hydrogen (secondary N) is 2. The third kappa shape index (κ3) is 12.2. The highest BCUT2D eigenvalue weighted by atomic mass is 127. The monoisotopic (exact) mass is 562 g/mol. The van der Waals surface area contributed by atoms with E-state index in [1.807, 2.05) is 12.1 Å². The highest BCUT2D eigenvalue weighted by Crippen LogP contribution is 2.15. The molecule has 1 fully saturated rings. The molecule has 184 valence electrons. The maximum Gasteiger partial charge on any atom is 0.191 e. The summed E-state index contributed by atoms with van der Waals surface area (Å²) >= 11 is 0. The molecule has 1 saturated heterocycles. The minimum absolute atomic E-state index is 0. The van der Waals surface area contributed by atoms with E-state index in [0.717, 1.165) is 76.1 Å². The van der Waals surface area contributed by atoms with Crippen LogP contribution in [0.1, 0.15) is 39.2 Å². The zero-order valence-electron chi connectivity index (χ0n) is 20.0. The van der Waals surface area contributed by atoms with Crippen LogP contribution in [-0.4, -0.2) is 75.1 Å². The lowest BCUT2D eigenvalue weighted by atomic mass is 9.94. The lowest BCUT2D eigenvalue weighted by molar-refractivity contribution is 0.0322. The highest BCUT2D eigenvalue weighted by molar-refractivity contribution is 14.0. The van der Waals surface area contributed by atoms with Crippen LogP contribution in [0.2, 0.25) is 0 Å². The van der Waals surface area contributed by atoms with E-state index in [0.29, 0.717) is 25.0 Å². The molecule has 3 N–H and O–H groups in total. The topological polar surface area (TPSA) is 78.4 Å². The number of aliphatic hydroxyl groups excluding tert-OH is 1. The van der Waals surface area contributed by atoms with Crippen LogP contribution in [0, 0.1) is 11.8 Å². The number of rotatable bonds is 13. The van der Waals surface area contributed by atoms with Gasteiger partial charge in [-0.05, 0) is 49.3 Å². The van der Waals surface area contributed by atoms with Gasteiger partial charge in [0.1, 0.15) is 12.4 Å². The fourth-order valence-corrected chi connectivity index (χ4v) is 3.76. The van der Waals surface area contributed by atoms with Gasteiger partial charge in [-0.2, -0.15) is 0 Å². The van der Waals surface area contributed by atoms with E-state index in [2.05, 4.69) is 48.4 Å². The molecule has 0 bridgehead atoms. The second kappa shape index (κ2) is 17.4. The first kappa shape index (κ1) is 28.9. The van der Waals surface area contributed by atoms with Gasteiger partial charge in [0.2, 0.25) is 0 Å². The summed E-state index contributed by atoms with van der Waals surface area (Å²) in [6.45, 7) is 14.1. The Labute approximate surface area is 211 Å². The van der Waals surface area contributed by atoms with Gasteiger partial charge in [-0.3, -0.25) is 4.90 Å². The van der Waals surface area contributed by atoms with E-state index in [9.17, 15) is 5.11 Å². The lowest BCUT2D eigenvalue weighted by Crippen LogP contribution is -2.40. The maximum absolute atomic E-state index is 9.34. The molecular formula is C24H43IN4O3. The predicted molar refractivity (Wildman–Crippen MR) is 142 cm³/mol. The van der Waals surface area contributed by atoms with Gasteiger partial charge in [-0.15, -0.1) is 24.0 Å². The number of guanidine groups is 1. The number of nitrogens with zero attached hydrogens (tertiary/aromatic N) is 2. The lowest BCUT2D eigenvalue weighted by Gasteiger charge is -2.26. The summed E-state index contributed by atoms with van der Waals surface area (Å²) in [5.41, 5.74) is 1.12. The van der Waals surface area contributed by atoms with Crippen LogP contribution < -0.4 is 15.4 Å². The Morgan fingerprint density at radius 1 is 1.25 bits per heavy atom. The van der Waals surface area contributed by atoms with Crippen molar-refractivity contribution in [1.29, 1.82) is 0 Å². The first-order chi connectivity index (χ1) is 15.1. The summed E-state index contributed by atoms with van der Waals surface area (Å²) in [5.74, 6) is 2.76. The summed E-state index contributed by atoms with van der Waals surface area (Å²) in [4.78, 5) is 7.11. The molecule has 32 heavy (non-hydrogen) atoms. The number of halogens is 1. The van der Waals surface area contributed by atoms with Crippen molar-refractivity contribution in [3.05, 3.63) is 29.8 Å². The van der Waals surface area contributed by atoms with Crippen molar-refractivity contribution in [2.24, 2.45) is 16.8 Å². The summed E-state index contributed by atoms with van der Waals surface area (Å²) in [6.07, 6.45) is 1.91. The normalized spacial score (nSPS) is 15.8. The van der Waals surface area contributed by atoms with Crippen molar-refractivity contribution in [2.75, 3.05) is 59.2 Å². The molecule has 1 aromatic rings. The summed E-state index contributed by atoms with van der Waals surface area (Å²) in [5, 5.41) is 16.1. The SMILES string of the molecule is CCNC(=NCc1cccc(OCCN2CCOCC2)c1)NCC(CCO)CC(C)C.I. The van der Waals surface area contributed by atoms with Gasteiger partial charge in [0.15, 0.2) is 5.96 Å². The molecule has 8 heteroatoms. The van der Waals surface area contributed by atoms with Gasteiger partial charge in [-0.1, -0.05) is 26.0 Å². The number of benzene rings is 1. The van der Waals surface area contributed by atoms with Gasteiger partial charge >= 0.3 is 0 Å². The number of hydrogen-bond donors (Lipinski definition) is 3. The van der Waals surface area contributed by atoms with Crippen molar-refractivity contribution in [3.8, 4) is 5.75 Å². The van der Waals surface area contributed by atoms with Crippen LogP contribution >= 0.6 is 24.0 Å². The van der Waals surface area contributed by atoms with Crippen LogP contribution in [0.3, 0.4) is 0 Å². The fraction of sp³-hybridized carbons (Fsp3) is 0.708. The average Bonchev–Trinajstić information content (AvgIpc) is 2.76. The molecule has 0 spiro atoms. The first-order valence-corrected chi connectivity index (χ1v) is 11.8. The van der Waals surface area contributed by atoms with E-state index < -0.39 is 0 Å². The first-order valence-electron chi connectivity index (χ1n) is 11.8. The number of morpholine rings is 1. The second-order valence-electron chi connectivity index (χ2n) is 8.53. The van der Waals surface area contributed by atoms with Gasteiger partial charge in [0, 0.05) is 39.3 Å². The molecule has 2 rings (SSSR count). The molecule has 1 aliphatic rings. The van der Waals surface area contributed by atoms with Gasteiger partial charge in [0.05, 0.1) is 19.8 Å². The molecule has 1 unspecified atom stereocenters. The number of aliphatic imine (C=N–C) groups is 1. The zero-order valence-corrected chi connectivity index (χ0v) is 22.3. The second-order valence-corrected chi connectivity index (χ2v) is 8.53. The largest absolute Gasteiger partial charge is 0.492 e. The van der Waals surface area contributed by atoms with E-state index in [-0.39, 0.29) is 30.6 Å². The molecule has 0 amide bonds. The Morgan fingerprint density at radius 2 is 2.03 bits per heavy atom. The predicted octanol–water partition coefficient (Wildman–Crippen LogP) is 3.12. The molecule has 0 aromatic heterocycles.